The maximum Gasteiger partial charge on any atom is 0.215 e. The van der Waals surface area contributed by atoms with E-state index >= 15 is 0 Å². The monoisotopic (exact) mass is 260 g/mol. The molecule has 0 bridgehead atoms. The van der Waals surface area contributed by atoms with Gasteiger partial charge in [-0.2, -0.15) is 0 Å². The van der Waals surface area contributed by atoms with Gasteiger partial charge in [0.05, 0.1) is 18.5 Å². The molecule has 0 aliphatic rings. The number of sulfonamides is 1. The van der Waals surface area contributed by atoms with Crippen LogP contribution in [0.2, 0.25) is 0 Å². The van der Waals surface area contributed by atoms with Crippen molar-refractivity contribution in [3.63, 3.8) is 0 Å². The largest absolute Gasteiger partial charge is 0.398 e. The highest BCUT2D eigenvalue weighted by atomic mass is 32.2. The molecule has 0 spiro atoms. The molecule has 1 aromatic carbocycles. The van der Waals surface area contributed by atoms with E-state index in [9.17, 15) is 8.42 Å². The fourth-order valence-corrected chi connectivity index (χ4v) is 2.43. The molecule has 0 radical (unpaired) electrons. The molecule has 1 atom stereocenters. The van der Waals surface area contributed by atoms with Gasteiger partial charge in [-0.25, -0.2) is 13.1 Å². The van der Waals surface area contributed by atoms with Crippen LogP contribution in [0.15, 0.2) is 24.3 Å². The van der Waals surface area contributed by atoms with Crippen LogP contribution in [0.3, 0.4) is 0 Å². The Morgan fingerprint density at radius 2 is 2.00 bits per heavy atom. The Morgan fingerprint density at radius 1 is 1.35 bits per heavy atom. The van der Waals surface area contributed by atoms with Crippen LogP contribution < -0.4 is 10.5 Å². The SMILES string of the molecule is Nc1ccccc1CS(=O)(=O)NCC(O)CO. The highest BCUT2D eigenvalue weighted by Gasteiger charge is 2.14. The van der Waals surface area contributed by atoms with Crippen LogP contribution in [-0.2, 0) is 15.8 Å². The second-order valence-corrected chi connectivity index (χ2v) is 5.45. The zero-order chi connectivity index (χ0) is 12.9. The maximum absolute atomic E-state index is 11.6. The van der Waals surface area contributed by atoms with Gasteiger partial charge in [0.15, 0.2) is 0 Å². The number of aliphatic hydroxyl groups is 2. The van der Waals surface area contributed by atoms with Gasteiger partial charge in [0, 0.05) is 12.2 Å². The molecule has 17 heavy (non-hydrogen) atoms. The first-order valence-electron chi connectivity index (χ1n) is 5.04. The highest BCUT2D eigenvalue weighted by molar-refractivity contribution is 7.88. The number of para-hydroxylation sites is 1. The number of nitrogen functional groups attached to an aromatic ring is 1. The average Bonchev–Trinajstić information content (AvgIpc) is 2.29. The smallest absolute Gasteiger partial charge is 0.215 e. The van der Waals surface area contributed by atoms with Crippen molar-refractivity contribution in [3.8, 4) is 0 Å². The lowest BCUT2D eigenvalue weighted by molar-refractivity contribution is 0.0988. The van der Waals surface area contributed by atoms with E-state index in [2.05, 4.69) is 4.72 Å². The normalized spacial score (nSPS) is 13.5. The minimum absolute atomic E-state index is 0.217. The van der Waals surface area contributed by atoms with Gasteiger partial charge in [0.1, 0.15) is 0 Å². The molecule has 5 N–H and O–H groups in total. The van der Waals surface area contributed by atoms with E-state index in [4.69, 9.17) is 15.9 Å². The Labute approximate surface area is 100 Å². The zero-order valence-electron chi connectivity index (χ0n) is 9.20. The van der Waals surface area contributed by atoms with Crippen molar-refractivity contribution >= 4 is 15.7 Å². The number of nitrogens with one attached hydrogen (secondary N) is 1. The molecule has 0 aliphatic carbocycles. The van der Waals surface area contributed by atoms with Gasteiger partial charge >= 0.3 is 0 Å². The summed E-state index contributed by atoms with van der Waals surface area (Å²) in [5.41, 5.74) is 6.53. The van der Waals surface area contributed by atoms with Crippen LogP contribution >= 0.6 is 0 Å². The molecule has 0 saturated carbocycles. The molecule has 1 unspecified atom stereocenters. The fourth-order valence-electron chi connectivity index (χ4n) is 1.21. The lowest BCUT2D eigenvalue weighted by Crippen LogP contribution is -2.34. The van der Waals surface area contributed by atoms with E-state index in [0.717, 1.165) is 0 Å². The first-order valence-corrected chi connectivity index (χ1v) is 6.69. The van der Waals surface area contributed by atoms with E-state index in [1.807, 2.05) is 0 Å². The second kappa shape index (κ2) is 5.97. The molecular formula is C10H16N2O4S. The summed E-state index contributed by atoms with van der Waals surface area (Å²) in [6, 6.07) is 6.66. The molecule has 1 aromatic rings. The predicted molar refractivity (Wildman–Crippen MR) is 64.6 cm³/mol. The van der Waals surface area contributed by atoms with Crippen LogP contribution in [0.4, 0.5) is 5.69 Å². The summed E-state index contributed by atoms with van der Waals surface area (Å²) in [6.45, 7) is -0.707. The van der Waals surface area contributed by atoms with Gasteiger partial charge in [0.2, 0.25) is 10.0 Å². The molecule has 1 rings (SSSR count). The molecule has 0 aliphatic heterocycles. The summed E-state index contributed by atoms with van der Waals surface area (Å²) in [6.07, 6.45) is -1.10. The standard InChI is InChI=1S/C10H16N2O4S/c11-10-4-2-1-3-8(10)7-17(15,16)12-5-9(14)6-13/h1-4,9,12-14H,5-7,11H2. The summed E-state index contributed by atoms with van der Waals surface area (Å²) in [7, 11) is -3.56. The number of hydrogen-bond acceptors (Lipinski definition) is 5. The number of rotatable bonds is 6. The molecule has 0 saturated heterocycles. The molecule has 0 fully saturated rings. The summed E-state index contributed by atoms with van der Waals surface area (Å²) in [5.74, 6) is -0.252. The van der Waals surface area contributed by atoms with Crippen molar-refractivity contribution in [1.82, 2.24) is 4.72 Å². The quantitative estimate of drug-likeness (QED) is 0.492. The molecule has 0 amide bonds. The lowest BCUT2D eigenvalue weighted by Gasteiger charge is -2.10. The van der Waals surface area contributed by atoms with Crippen LogP contribution in [0.25, 0.3) is 0 Å². The number of nitrogens with two attached hydrogens (primary N) is 1. The molecule has 96 valence electrons. The Balaban J connectivity index is 2.64. The molecule has 7 heteroatoms. The van der Waals surface area contributed by atoms with Gasteiger partial charge < -0.3 is 15.9 Å². The number of aliphatic hydroxyl groups excluding tert-OH is 2. The summed E-state index contributed by atoms with van der Waals surface area (Å²) < 4.78 is 25.4. The fraction of sp³-hybridized carbons (Fsp3) is 0.400. The summed E-state index contributed by atoms with van der Waals surface area (Å²) in [5, 5.41) is 17.6. The first-order chi connectivity index (χ1) is 7.94. The van der Waals surface area contributed by atoms with Gasteiger partial charge in [-0.1, -0.05) is 18.2 Å². The van der Waals surface area contributed by atoms with Gasteiger partial charge in [-0.3, -0.25) is 0 Å². The van der Waals surface area contributed by atoms with E-state index in [1.165, 1.54) is 0 Å². The summed E-state index contributed by atoms with van der Waals surface area (Å²) in [4.78, 5) is 0. The summed E-state index contributed by atoms with van der Waals surface area (Å²) >= 11 is 0. The van der Waals surface area contributed by atoms with Gasteiger partial charge in [-0.05, 0) is 11.6 Å². The Kier molecular flexibility index (Phi) is 4.88. The lowest BCUT2D eigenvalue weighted by atomic mass is 10.2. The van der Waals surface area contributed by atoms with Crippen molar-refractivity contribution in [2.24, 2.45) is 0 Å². The second-order valence-electron chi connectivity index (χ2n) is 3.64. The Bertz CT molecular complexity index is 461. The number of benzene rings is 1. The average molecular weight is 260 g/mol. The third-order valence-electron chi connectivity index (χ3n) is 2.15. The Hall–Kier alpha value is -1.15. The van der Waals surface area contributed by atoms with Crippen molar-refractivity contribution in [1.29, 1.82) is 0 Å². The zero-order valence-corrected chi connectivity index (χ0v) is 10.0. The van der Waals surface area contributed by atoms with Crippen LogP contribution in [0.5, 0.6) is 0 Å². The van der Waals surface area contributed by atoms with Crippen LogP contribution in [0, 0.1) is 0 Å². The van der Waals surface area contributed by atoms with Gasteiger partial charge in [0.25, 0.3) is 0 Å². The predicted octanol–water partition coefficient (Wildman–Crippen LogP) is -0.959. The minimum Gasteiger partial charge on any atom is -0.398 e. The van der Waals surface area contributed by atoms with Crippen LogP contribution in [0.1, 0.15) is 5.56 Å². The maximum atomic E-state index is 11.6. The van der Waals surface area contributed by atoms with Crippen molar-refractivity contribution < 1.29 is 18.6 Å². The third-order valence-corrected chi connectivity index (χ3v) is 3.45. The third kappa shape index (κ3) is 4.70. The molecular weight excluding hydrogens is 244 g/mol. The molecule has 6 nitrogen and oxygen atoms in total. The Morgan fingerprint density at radius 3 is 2.59 bits per heavy atom. The van der Waals surface area contributed by atoms with E-state index in [1.54, 1.807) is 24.3 Å². The van der Waals surface area contributed by atoms with E-state index < -0.39 is 22.7 Å². The minimum atomic E-state index is -3.56. The van der Waals surface area contributed by atoms with Gasteiger partial charge in [-0.15, -0.1) is 0 Å². The molecule has 0 aromatic heterocycles. The number of hydrogen-bond donors (Lipinski definition) is 4. The number of anilines is 1. The first kappa shape index (κ1) is 13.9. The van der Waals surface area contributed by atoms with Crippen molar-refractivity contribution in [2.75, 3.05) is 18.9 Å². The van der Waals surface area contributed by atoms with Crippen molar-refractivity contribution in [3.05, 3.63) is 29.8 Å². The van der Waals surface area contributed by atoms with Crippen LogP contribution in [-0.4, -0.2) is 37.9 Å². The topological polar surface area (TPSA) is 113 Å². The molecule has 0 heterocycles. The van der Waals surface area contributed by atoms with Crippen molar-refractivity contribution in [2.45, 2.75) is 11.9 Å². The highest BCUT2D eigenvalue weighted by Crippen LogP contribution is 2.13. The van der Waals surface area contributed by atoms with E-state index in [0.29, 0.717) is 11.3 Å². The van der Waals surface area contributed by atoms with E-state index in [-0.39, 0.29) is 12.3 Å².